The van der Waals surface area contributed by atoms with Gasteiger partial charge in [-0.15, -0.1) is 0 Å². The fourth-order valence-corrected chi connectivity index (χ4v) is 1.85. The van der Waals surface area contributed by atoms with Crippen LogP contribution in [0.2, 0.25) is 0 Å². The Kier molecular flexibility index (Phi) is 2.33. The molecule has 1 aliphatic heterocycles. The summed E-state index contributed by atoms with van der Waals surface area (Å²) in [6, 6.07) is -0.0391. The van der Waals surface area contributed by atoms with E-state index >= 15 is 0 Å². The largest absolute Gasteiger partial charge is 0.459 e. The van der Waals surface area contributed by atoms with Crippen molar-refractivity contribution in [3.63, 3.8) is 0 Å². The van der Waals surface area contributed by atoms with Crippen LogP contribution in [0.4, 0.5) is 0 Å². The van der Waals surface area contributed by atoms with Gasteiger partial charge in [-0.05, 0) is 0 Å². The maximum absolute atomic E-state index is 10.8. The molecule has 0 aromatic carbocycles. The number of azo groups is 1. The number of carbonyl (C=O) groups excluding carboxylic acids is 1. The predicted octanol–water partition coefficient (Wildman–Crippen LogP) is 0.299. The smallest absolute Gasteiger partial charge is 0.303 e. The van der Waals surface area contributed by atoms with Crippen molar-refractivity contribution in [2.45, 2.75) is 25.2 Å². The van der Waals surface area contributed by atoms with Gasteiger partial charge in [-0.1, -0.05) is 12.2 Å². The monoisotopic (exact) mass is 196 g/mol. The standard InChI is InChI=1S/C9H12N2O3/c1-5(12)14-9-6-4-10-11-7(6)2-3-8(9)13/h2-3,6-9,13H,4H2,1H3/t6-,7-,8+,9-/m0/s1. The summed E-state index contributed by atoms with van der Waals surface area (Å²) in [5.74, 6) is -0.381. The second-order valence-corrected chi connectivity index (χ2v) is 3.54. The fraction of sp³-hybridized carbons (Fsp3) is 0.667. The molecule has 0 aromatic heterocycles. The lowest BCUT2D eigenvalue weighted by Crippen LogP contribution is -2.43. The van der Waals surface area contributed by atoms with E-state index in [1.54, 1.807) is 6.08 Å². The number of hydrogen-bond donors (Lipinski definition) is 1. The Morgan fingerprint density at radius 2 is 2.36 bits per heavy atom. The molecule has 1 aliphatic carbocycles. The lowest BCUT2D eigenvalue weighted by molar-refractivity contribution is -0.154. The predicted molar refractivity (Wildman–Crippen MR) is 47.7 cm³/mol. The molecule has 0 fully saturated rings. The van der Waals surface area contributed by atoms with Gasteiger partial charge < -0.3 is 9.84 Å². The van der Waals surface area contributed by atoms with Crippen molar-refractivity contribution in [2.75, 3.05) is 6.54 Å². The number of carbonyl (C=O) groups is 1. The van der Waals surface area contributed by atoms with Crippen LogP contribution in [0.5, 0.6) is 0 Å². The van der Waals surface area contributed by atoms with Gasteiger partial charge in [0, 0.05) is 12.8 Å². The lowest BCUT2D eigenvalue weighted by Gasteiger charge is -2.30. The van der Waals surface area contributed by atoms with Crippen molar-refractivity contribution in [2.24, 2.45) is 16.1 Å². The molecule has 76 valence electrons. The molecule has 0 aromatic rings. The summed E-state index contributed by atoms with van der Waals surface area (Å²) >= 11 is 0. The first-order chi connectivity index (χ1) is 6.68. The summed E-state index contributed by atoms with van der Waals surface area (Å²) in [5, 5.41) is 17.5. The second-order valence-electron chi connectivity index (χ2n) is 3.54. The number of aliphatic hydroxyl groups is 1. The molecule has 5 heteroatoms. The summed E-state index contributed by atoms with van der Waals surface area (Å²) in [4.78, 5) is 10.8. The third-order valence-corrected chi connectivity index (χ3v) is 2.51. The molecular weight excluding hydrogens is 184 g/mol. The zero-order valence-electron chi connectivity index (χ0n) is 7.83. The van der Waals surface area contributed by atoms with Crippen LogP contribution in [-0.4, -0.2) is 35.9 Å². The van der Waals surface area contributed by atoms with Crippen LogP contribution in [0, 0.1) is 5.92 Å². The third-order valence-electron chi connectivity index (χ3n) is 2.51. The number of ether oxygens (including phenoxy) is 1. The van der Waals surface area contributed by atoms with Gasteiger partial charge in [-0.25, -0.2) is 0 Å². The van der Waals surface area contributed by atoms with Crippen molar-refractivity contribution in [3.8, 4) is 0 Å². The number of nitrogens with zero attached hydrogens (tertiary/aromatic N) is 2. The topological polar surface area (TPSA) is 71.2 Å². The molecule has 1 N–H and O–H groups in total. The van der Waals surface area contributed by atoms with Crippen LogP contribution in [0.15, 0.2) is 22.4 Å². The van der Waals surface area contributed by atoms with E-state index in [0.29, 0.717) is 6.54 Å². The minimum atomic E-state index is -0.733. The van der Waals surface area contributed by atoms with Crippen LogP contribution in [0.1, 0.15) is 6.92 Å². The highest BCUT2D eigenvalue weighted by Gasteiger charge is 2.40. The van der Waals surface area contributed by atoms with Gasteiger partial charge in [-0.3, -0.25) is 4.79 Å². The van der Waals surface area contributed by atoms with Crippen molar-refractivity contribution >= 4 is 5.97 Å². The van der Waals surface area contributed by atoms with E-state index in [0.717, 1.165) is 0 Å². The minimum Gasteiger partial charge on any atom is -0.459 e. The Bertz CT molecular complexity index is 300. The summed E-state index contributed by atoms with van der Waals surface area (Å²) in [6.45, 7) is 1.85. The highest BCUT2D eigenvalue weighted by molar-refractivity contribution is 5.66. The SMILES string of the molecule is CC(=O)O[C@H]1[C@H]2CN=N[C@H]2C=C[C@H]1O. The van der Waals surface area contributed by atoms with Gasteiger partial charge >= 0.3 is 5.97 Å². The van der Waals surface area contributed by atoms with Gasteiger partial charge in [0.15, 0.2) is 0 Å². The molecular formula is C9H12N2O3. The maximum atomic E-state index is 10.8. The Labute approximate surface area is 81.5 Å². The Morgan fingerprint density at radius 1 is 1.57 bits per heavy atom. The van der Waals surface area contributed by atoms with Crippen LogP contribution < -0.4 is 0 Å². The minimum absolute atomic E-state index is 0.00102. The highest BCUT2D eigenvalue weighted by atomic mass is 16.6. The van der Waals surface area contributed by atoms with Gasteiger partial charge in [0.25, 0.3) is 0 Å². The first kappa shape index (κ1) is 9.33. The quantitative estimate of drug-likeness (QED) is 0.484. The first-order valence-electron chi connectivity index (χ1n) is 4.58. The molecule has 0 radical (unpaired) electrons. The molecule has 0 saturated heterocycles. The Morgan fingerprint density at radius 3 is 3.07 bits per heavy atom. The van der Waals surface area contributed by atoms with Crippen molar-refractivity contribution in [3.05, 3.63) is 12.2 Å². The van der Waals surface area contributed by atoms with E-state index in [1.807, 2.05) is 6.08 Å². The summed E-state index contributed by atoms with van der Waals surface area (Å²) in [7, 11) is 0. The normalized spacial score (nSPS) is 39.6. The fourth-order valence-electron chi connectivity index (χ4n) is 1.85. The van der Waals surface area contributed by atoms with Gasteiger partial charge in [-0.2, -0.15) is 10.2 Å². The van der Waals surface area contributed by atoms with Crippen molar-refractivity contribution in [1.29, 1.82) is 0 Å². The van der Waals surface area contributed by atoms with E-state index in [2.05, 4.69) is 10.2 Å². The average Bonchev–Trinajstić information content (AvgIpc) is 2.57. The van der Waals surface area contributed by atoms with Gasteiger partial charge in [0.2, 0.25) is 0 Å². The van der Waals surface area contributed by atoms with Crippen LogP contribution >= 0.6 is 0 Å². The van der Waals surface area contributed by atoms with E-state index < -0.39 is 12.2 Å². The first-order valence-corrected chi connectivity index (χ1v) is 4.58. The van der Waals surface area contributed by atoms with E-state index in [9.17, 15) is 9.90 Å². The zero-order chi connectivity index (χ0) is 10.1. The van der Waals surface area contributed by atoms with Crippen molar-refractivity contribution < 1.29 is 14.6 Å². The van der Waals surface area contributed by atoms with Gasteiger partial charge in [0.1, 0.15) is 12.2 Å². The zero-order valence-corrected chi connectivity index (χ0v) is 7.83. The molecule has 5 nitrogen and oxygen atoms in total. The van der Waals surface area contributed by atoms with Crippen LogP contribution in [0.3, 0.4) is 0 Å². The Hall–Kier alpha value is -1.23. The Balaban J connectivity index is 2.14. The van der Waals surface area contributed by atoms with E-state index in [1.165, 1.54) is 6.92 Å². The number of esters is 1. The van der Waals surface area contributed by atoms with E-state index in [4.69, 9.17) is 4.74 Å². The molecule has 2 aliphatic rings. The molecule has 0 saturated carbocycles. The lowest BCUT2D eigenvalue weighted by atomic mass is 9.86. The number of fused-ring (bicyclic) bond motifs is 1. The number of rotatable bonds is 1. The molecule has 1 heterocycles. The maximum Gasteiger partial charge on any atom is 0.303 e. The molecule has 0 spiro atoms. The third kappa shape index (κ3) is 1.55. The number of aliphatic hydroxyl groups excluding tert-OH is 1. The second kappa shape index (κ2) is 3.49. The summed E-state index contributed by atoms with van der Waals surface area (Å²) < 4.78 is 5.06. The number of hydrogen-bond acceptors (Lipinski definition) is 5. The highest BCUT2D eigenvalue weighted by Crippen LogP contribution is 2.29. The van der Waals surface area contributed by atoms with Crippen LogP contribution in [-0.2, 0) is 9.53 Å². The van der Waals surface area contributed by atoms with E-state index in [-0.39, 0.29) is 17.9 Å². The van der Waals surface area contributed by atoms with Crippen molar-refractivity contribution in [1.82, 2.24) is 0 Å². The molecule has 14 heavy (non-hydrogen) atoms. The molecule has 0 amide bonds. The molecule has 4 atom stereocenters. The average molecular weight is 196 g/mol. The summed E-state index contributed by atoms with van der Waals surface area (Å²) in [6.07, 6.45) is 2.19. The molecule has 2 rings (SSSR count). The molecule has 0 bridgehead atoms. The van der Waals surface area contributed by atoms with Gasteiger partial charge in [0.05, 0.1) is 12.6 Å². The summed E-state index contributed by atoms with van der Waals surface area (Å²) in [5.41, 5.74) is 0. The van der Waals surface area contributed by atoms with Crippen LogP contribution in [0.25, 0.3) is 0 Å². The molecule has 0 unspecified atom stereocenters.